The lowest BCUT2D eigenvalue weighted by atomic mass is 10.1. The van der Waals surface area contributed by atoms with Gasteiger partial charge in [0.1, 0.15) is 5.56 Å². The lowest BCUT2D eigenvalue weighted by Crippen LogP contribution is -2.31. The molecule has 2 rings (SSSR count). The van der Waals surface area contributed by atoms with Crippen LogP contribution in [0.5, 0.6) is 0 Å². The van der Waals surface area contributed by atoms with E-state index in [1.807, 2.05) is 0 Å². The van der Waals surface area contributed by atoms with Gasteiger partial charge in [-0.2, -0.15) is 13.2 Å². The largest absolute Gasteiger partial charge is 0.418 e. The van der Waals surface area contributed by atoms with Gasteiger partial charge in [0.15, 0.2) is 0 Å². The van der Waals surface area contributed by atoms with Gasteiger partial charge in [-0.15, -0.1) is 0 Å². The van der Waals surface area contributed by atoms with Crippen LogP contribution in [0.2, 0.25) is 0 Å². The summed E-state index contributed by atoms with van der Waals surface area (Å²) in [4.78, 5) is 22.4. The van der Waals surface area contributed by atoms with Crippen molar-refractivity contribution < 1.29 is 22.9 Å². The standard InChI is InChI=1S/C15H12F3N3O3/c1-9-5-4-6-10(13(9)21(23)24)14(22)20-19-12-8-3-2-7-11(12)15(16,17)18/h2-8,19H,1H3,(H,20,22). The number of halogens is 3. The van der Waals surface area contributed by atoms with Crippen molar-refractivity contribution in [3.05, 3.63) is 69.3 Å². The third-order valence-corrected chi connectivity index (χ3v) is 3.21. The molecule has 0 aliphatic carbocycles. The van der Waals surface area contributed by atoms with E-state index >= 15 is 0 Å². The molecule has 9 heteroatoms. The van der Waals surface area contributed by atoms with E-state index < -0.39 is 28.3 Å². The summed E-state index contributed by atoms with van der Waals surface area (Å²) in [6, 6.07) is 8.68. The molecule has 0 unspecified atom stereocenters. The molecule has 1 amide bonds. The Balaban J connectivity index is 2.25. The first-order valence-electron chi connectivity index (χ1n) is 6.68. The van der Waals surface area contributed by atoms with E-state index in [0.29, 0.717) is 0 Å². The van der Waals surface area contributed by atoms with E-state index in [0.717, 1.165) is 12.1 Å². The number of aryl methyl sites for hydroxylation is 1. The first-order valence-corrected chi connectivity index (χ1v) is 6.68. The number of hydrogen-bond donors (Lipinski definition) is 2. The second-order valence-electron chi connectivity index (χ2n) is 4.85. The second kappa shape index (κ2) is 6.57. The number of carbonyl (C=O) groups is 1. The van der Waals surface area contributed by atoms with Crippen LogP contribution in [0.15, 0.2) is 42.5 Å². The normalized spacial score (nSPS) is 11.0. The number of carbonyl (C=O) groups excluding carboxylic acids is 1. The highest BCUT2D eigenvalue weighted by atomic mass is 19.4. The van der Waals surface area contributed by atoms with Gasteiger partial charge < -0.3 is 0 Å². The molecule has 24 heavy (non-hydrogen) atoms. The topological polar surface area (TPSA) is 84.3 Å². The molecule has 2 N–H and O–H groups in total. The van der Waals surface area contributed by atoms with Gasteiger partial charge in [0.25, 0.3) is 11.6 Å². The van der Waals surface area contributed by atoms with Crippen molar-refractivity contribution in [2.45, 2.75) is 13.1 Å². The second-order valence-corrected chi connectivity index (χ2v) is 4.85. The Bertz CT molecular complexity index is 791. The molecule has 126 valence electrons. The lowest BCUT2D eigenvalue weighted by Gasteiger charge is -2.15. The van der Waals surface area contributed by atoms with Crippen molar-refractivity contribution >= 4 is 17.3 Å². The molecular weight excluding hydrogens is 327 g/mol. The molecule has 0 saturated heterocycles. The van der Waals surface area contributed by atoms with Crippen molar-refractivity contribution in [2.75, 3.05) is 5.43 Å². The summed E-state index contributed by atoms with van der Waals surface area (Å²) in [5.74, 6) is -0.914. The fourth-order valence-corrected chi connectivity index (χ4v) is 2.12. The van der Waals surface area contributed by atoms with Crippen LogP contribution in [0.1, 0.15) is 21.5 Å². The maximum Gasteiger partial charge on any atom is 0.418 e. The van der Waals surface area contributed by atoms with Crippen molar-refractivity contribution in [2.24, 2.45) is 0 Å². The number of nitro benzene ring substituents is 1. The average Bonchev–Trinajstić information content (AvgIpc) is 2.51. The maximum atomic E-state index is 12.9. The molecule has 0 saturated carbocycles. The minimum atomic E-state index is -4.61. The highest BCUT2D eigenvalue weighted by Gasteiger charge is 2.33. The summed E-state index contributed by atoms with van der Waals surface area (Å²) in [6.07, 6.45) is -4.61. The number of benzene rings is 2. The van der Waals surface area contributed by atoms with Gasteiger partial charge in [-0.3, -0.25) is 25.8 Å². The summed E-state index contributed by atoms with van der Waals surface area (Å²) in [5, 5.41) is 11.1. The Kier molecular flexibility index (Phi) is 4.72. The molecule has 0 spiro atoms. The summed E-state index contributed by atoms with van der Waals surface area (Å²) in [5.41, 5.74) is 2.50. The molecule has 0 bridgehead atoms. The number of rotatable bonds is 4. The SMILES string of the molecule is Cc1cccc(C(=O)NNc2ccccc2C(F)(F)F)c1[N+](=O)[O-]. The van der Waals surface area contributed by atoms with Crippen LogP contribution >= 0.6 is 0 Å². The van der Waals surface area contributed by atoms with E-state index in [4.69, 9.17) is 0 Å². The number of amides is 1. The molecule has 2 aromatic carbocycles. The van der Waals surface area contributed by atoms with Crippen LogP contribution < -0.4 is 10.9 Å². The van der Waals surface area contributed by atoms with Gasteiger partial charge in [0.2, 0.25) is 0 Å². The number of nitro groups is 1. The number of anilines is 1. The van der Waals surface area contributed by atoms with Crippen molar-refractivity contribution in [1.29, 1.82) is 0 Å². The van der Waals surface area contributed by atoms with Crippen LogP contribution in [-0.2, 0) is 6.18 Å². The van der Waals surface area contributed by atoms with Crippen molar-refractivity contribution in [3.8, 4) is 0 Å². The molecule has 0 radical (unpaired) electrons. The third kappa shape index (κ3) is 3.62. The number of hydrogen-bond acceptors (Lipinski definition) is 4. The molecule has 0 aromatic heterocycles. The minimum Gasteiger partial charge on any atom is -0.298 e. The van der Waals surface area contributed by atoms with Gasteiger partial charge in [0, 0.05) is 5.56 Å². The Morgan fingerprint density at radius 3 is 2.42 bits per heavy atom. The van der Waals surface area contributed by atoms with Gasteiger partial charge in [-0.1, -0.05) is 24.3 Å². The third-order valence-electron chi connectivity index (χ3n) is 3.21. The monoisotopic (exact) mass is 339 g/mol. The van der Waals surface area contributed by atoms with Crippen LogP contribution in [0.25, 0.3) is 0 Å². The van der Waals surface area contributed by atoms with E-state index in [1.165, 1.54) is 37.3 Å². The summed E-state index contributed by atoms with van der Waals surface area (Å²) in [6.45, 7) is 1.46. The smallest absolute Gasteiger partial charge is 0.298 e. The fraction of sp³-hybridized carbons (Fsp3) is 0.133. The minimum absolute atomic E-state index is 0.253. The molecule has 6 nitrogen and oxygen atoms in total. The molecule has 0 fully saturated rings. The summed E-state index contributed by atoms with van der Waals surface area (Å²) < 4.78 is 38.6. The number of alkyl halides is 3. The first-order chi connectivity index (χ1) is 11.2. The average molecular weight is 339 g/mol. The molecular formula is C15H12F3N3O3. The molecule has 2 aromatic rings. The van der Waals surface area contributed by atoms with Crippen molar-refractivity contribution in [3.63, 3.8) is 0 Å². The zero-order chi connectivity index (χ0) is 17.9. The van der Waals surface area contributed by atoms with Gasteiger partial charge in [0.05, 0.1) is 16.2 Å². The number of para-hydroxylation sites is 2. The van der Waals surface area contributed by atoms with E-state index in [1.54, 1.807) is 0 Å². The number of nitrogens with zero attached hydrogens (tertiary/aromatic N) is 1. The zero-order valence-electron chi connectivity index (χ0n) is 12.3. The van der Waals surface area contributed by atoms with Crippen LogP contribution in [0.3, 0.4) is 0 Å². The Hall–Kier alpha value is -3.10. The molecule has 0 atom stereocenters. The summed E-state index contributed by atoms with van der Waals surface area (Å²) >= 11 is 0. The quantitative estimate of drug-likeness (QED) is 0.657. The predicted octanol–water partition coefficient (Wildman–Crippen LogP) is 3.68. The highest BCUT2D eigenvalue weighted by Crippen LogP contribution is 2.34. The van der Waals surface area contributed by atoms with Gasteiger partial charge in [-0.05, 0) is 25.1 Å². The molecule has 0 aliphatic rings. The fourth-order valence-electron chi connectivity index (χ4n) is 2.12. The number of hydrazine groups is 1. The van der Waals surface area contributed by atoms with E-state index in [2.05, 4.69) is 10.9 Å². The van der Waals surface area contributed by atoms with Crippen molar-refractivity contribution in [1.82, 2.24) is 5.43 Å². The maximum absolute atomic E-state index is 12.9. The predicted molar refractivity (Wildman–Crippen MR) is 80.4 cm³/mol. The van der Waals surface area contributed by atoms with Crippen LogP contribution in [-0.4, -0.2) is 10.8 Å². The van der Waals surface area contributed by atoms with Crippen LogP contribution in [0, 0.1) is 17.0 Å². The van der Waals surface area contributed by atoms with E-state index in [-0.39, 0.29) is 16.8 Å². The zero-order valence-corrected chi connectivity index (χ0v) is 12.3. The van der Waals surface area contributed by atoms with Gasteiger partial charge in [-0.25, -0.2) is 0 Å². The summed E-state index contributed by atoms with van der Waals surface area (Å²) in [7, 11) is 0. The van der Waals surface area contributed by atoms with Crippen LogP contribution in [0.4, 0.5) is 24.5 Å². The van der Waals surface area contributed by atoms with E-state index in [9.17, 15) is 28.1 Å². The number of nitrogens with one attached hydrogen (secondary N) is 2. The Morgan fingerprint density at radius 1 is 1.12 bits per heavy atom. The molecule has 0 heterocycles. The Labute approximate surface area is 134 Å². The van der Waals surface area contributed by atoms with Gasteiger partial charge >= 0.3 is 6.18 Å². The lowest BCUT2D eigenvalue weighted by molar-refractivity contribution is -0.385. The molecule has 0 aliphatic heterocycles. The first kappa shape index (κ1) is 17.3. The Morgan fingerprint density at radius 2 is 1.79 bits per heavy atom. The highest BCUT2D eigenvalue weighted by molar-refractivity contribution is 5.99.